The molecular formula is C22H26N4O3. The van der Waals surface area contributed by atoms with Crippen LogP contribution in [0.3, 0.4) is 0 Å². The van der Waals surface area contributed by atoms with Crippen LogP contribution < -0.4 is 10.6 Å². The molecule has 0 aliphatic carbocycles. The fraction of sp³-hybridized carbons (Fsp3) is 0.318. The van der Waals surface area contributed by atoms with E-state index in [4.69, 9.17) is 0 Å². The molecule has 1 aliphatic heterocycles. The van der Waals surface area contributed by atoms with Gasteiger partial charge in [0.2, 0.25) is 11.8 Å². The van der Waals surface area contributed by atoms with Crippen LogP contribution in [0.15, 0.2) is 48.5 Å². The lowest BCUT2D eigenvalue weighted by molar-refractivity contribution is -0.137. The van der Waals surface area contributed by atoms with Gasteiger partial charge in [0.25, 0.3) is 5.91 Å². The number of amides is 3. The van der Waals surface area contributed by atoms with Crippen molar-refractivity contribution < 1.29 is 14.4 Å². The second kappa shape index (κ2) is 9.23. The molecule has 1 fully saturated rings. The summed E-state index contributed by atoms with van der Waals surface area (Å²) in [5.41, 5.74) is 2.95. The van der Waals surface area contributed by atoms with E-state index < -0.39 is 0 Å². The lowest BCUT2D eigenvalue weighted by atomic mass is 10.1. The number of nitrogens with zero attached hydrogens (tertiary/aromatic N) is 2. The molecule has 0 bridgehead atoms. The van der Waals surface area contributed by atoms with Crippen LogP contribution in [0.2, 0.25) is 0 Å². The predicted molar refractivity (Wildman–Crippen MR) is 113 cm³/mol. The van der Waals surface area contributed by atoms with Crippen LogP contribution in [0, 0.1) is 6.92 Å². The lowest BCUT2D eigenvalue weighted by Crippen LogP contribution is -2.51. The first kappa shape index (κ1) is 20.4. The van der Waals surface area contributed by atoms with Crippen LogP contribution in [0.5, 0.6) is 0 Å². The lowest BCUT2D eigenvalue weighted by Gasteiger charge is -2.34. The molecule has 152 valence electrons. The van der Waals surface area contributed by atoms with E-state index in [1.807, 2.05) is 43.3 Å². The number of nitrogens with one attached hydrogen (secondary N) is 2. The van der Waals surface area contributed by atoms with Crippen LogP contribution in [-0.4, -0.2) is 60.2 Å². The fourth-order valence-electron chi connectivity index (χ4n) is 3.23. The van der Waals surface area contributed by atoms with E-state index in [1.165, 1.54) is 0 Å². The van der Waals surface area contributed by atoms with Gasteiger partial charge in [-0.25, -0.2) is 0 Å². The quantitative estimate of drug-likeness (QED) is 0.816. The maximum absolute atomic E-state index is 12.5. The Bertz CT molecular complexity index is 890. The van der Waals surface area contributed by atoms with E-state index in [-0.39, 0.29) is 24.3 Å². The topological polar surface area (TPSA) is 81.8 Å². The minimum Gasteiger partial charge on any atom is -0.376 e. The van der Waals surface area contributed by atoms with E-state index in [9.17, 15) is 14.4 Å². The van der Waals surface area contributed by atoms with Gasteiger partial charge in [-0.1, -0.05) is 24.3 Å². The molecular weight excluding hydrogens is 368 g/mol. The van der Waals surface area contributed by atoms with Gasteiger partial charge >= 0.3 is 0 Å². The Morgan fingerprint density at radius 2 is 1.59 bits per heavy atom. The molecule has 0 atom stereocenters. The number of aryl methyl sites for hydroxylation is 1. The molecule has 2 aromatic carbocycles. The zero-order valence-corrected chi connectivity index (χ0v) is 16.8. The molecule has 7 heteroatoms. The predicted octanol–water partition coefficient (Wildman–Crippen LogP) is 2.35. The molecule has 0 radical (unpaired) electrons. The van der Waals surface area contributed by atoms with Crippen LogP contribution in [0.1, 0.15) is 22.8 Å². The minimum absolute atomic E-state index is 0.0215. The van der Waals surface area contributed by atoms with Crippen LogP contribution >= 0.6 is 0 Å². The van der Waals surface area contributed by atoms with E-state index in [1.54, 1.807) is 28.9 Å². The third-order valence-electron chi connectivity index (χ3n) is 5.04. The van der Waals surface area contributed by atoms with Crippen molar-refractivity contribution in [3.05, 3.63) is 59.7 Å². The summed E-state index contributed by atoms with van der Waals surface area (Å²) < 4.78 is 0. The van der Waals surface area contributed by atoms with Crippen molar-refractivity contribution in [2.24, 2.45) is 0 Å². The highest BCUT2D eigenvalue weighted by Gasteiger charge is 2.22. The average molecular weight is 394 g/mol. The van der Waals surface area contributed by atoms with Crippen molar-refractivity contribution in [2.45, 2.75) is 13.8 Å². The maximum Gasteiger partial charge on any atom is 0.255 e. The molecule has 0 unspecified atom stereocenters. The van der Waals surface area contributed by atoms with E-state index in [0.29, 0.717) is 31.7 Å². The third kappa shape index (κ3) is 5.34. The van der Waals surface area contributed by atoms with Crippen LogP contribution in [0.25, 0.3) is 0 Å². The van der Waals surface area contributed by atoms with Crippen molar-refractivity contribution in [1.29, 1.82) is 0 Å². The van der Waals surface area contributed by atoms with E-state index in [0.717, 1.165) is 16.9 Å². The van der Waals surface area contributed by atoms with Gasteiger partial charge in [-0.15, -0.1) is 0 Å². The standard InChI is InChI=1S/C22H26N4O3/c1-16-8-9-18(22(29)24-19-6-4-3-5-7-19)14-20(16)23-15-21(28)26-12-10-25(11-13-26)17(2)27/h3-9,14,23H,10-13,15H2,1-2H3,(H,24,29). The molecule has 0 spiro atoms. The summed E-state index contributed by atoms with van der Waals surface area (Å²) in [6, 6.07) is 14.7. The Kier molecular flexibility index (Phi) is 6.49. The number of carbonyl (C=O) groups is 3. The molecule has 1 heterocycles. The Hall–Kier alpha value is -3.35. The molecule has 0 saturated carbocycles. The molecule has 2 N–H and O–H groups in total. The Morgan fingerprint density at radius 1 is 0.931 bits per heavy atom. The zero-order valence-electron chi connectivity index (χ0n) is 16.8. The zero-order chi connectivity index (χ0) is 20.8. The molecule has 2 aromatic rings. The Morgan fingerprint density at radius 3 is 2.24 bits per heavy atom. The second-order valence-electron chi connectivity index (χ2n) is 7.09. The summed E-state index contributed by atoms with van der Waals surface area (Å²) in [4.78, 5) is 39.9. The number of carbonyl (C=O) groups excluding carboxylic acids is 3. The van der Waals surface area contributed by atoms with Gasteiger partial charge in [0.05, 0.1) is 6.54 Å². The Labute approximate surface area is 170 Å². The number of piperazine rings is 1. The minimum atomic E-state index is -0.203. The van der Waals surface area contributed by atoms with Gasteiger partial charge in [-0.05, 0) is 36.8 Å². The molecule has 7 nitrogen and oxygen atoms in total. The van der Waals surface area contributed by atoms with Crippen LogP contribution in [0.4, 0.5) is 11.4 Å². The van der Waals surface area contributed by atoms with Gasteiger partial charge < -0.3 is 20.4 Å². The smallest absolute Gasteiger partial charge is 0.255 e. The number of hydrogen-bond donors (Lipinski definition) is 2. The molecule has 3 amide bonds. The third-order valence-corrected chi connectivity index (χ3v) is 5.04. The first-order valence-corrected chi connectivity index (χ1v) is 9.68. The highest BCUT2D eigenvalue weighted by Crippen LogP contribution is 2.18. The van der Waals surface area contributed by atoms with Crippen molar-refractivity contribution in [3.8, 4) is 0 Å². The van der Waals surface area contributed by atoms with Gasteiger partial charge in [0, 0.05) is 50.0 Å². The normalized spacial score (nSPS) is 13.7. The van der Waals surface area contributed by atoms with Crippen molar-refractivity contribution in [1.82, 2.24) is 9.80 Å². The molecule has 29 heavy (non-hydrogen) atoms. The second-order valence-corrected chi connectivity index (χ2v) is 7.09. The molecule has 1 aliphatic rings. The summed E-state index contributed by atoms with van der Waals surface area (Å²) in [6.07, 6.45) is 0. The van der Waals surface area contributed by atoms with Gasteiger partial charge in [0.1, 0.15) is 0 Å². The van der Waals surface area contributed by atoms with Gasteiger partial charge in [-0.3, -0.25) is 14.4 Å². The summed E-state index contributed by atoms with van der Waals surface area (Å²) >= 11 is 0. The Balaban J connectivity index is 1.58. The van der Waals surface area contributed by atoms with E-state index in [2.05, 4.69) is 10.6 Å². The first-order valence-electron chi connectivity index (χ1n) is 9.68. The summed E-state index contributed by atoms with van der Waals surface area (Å²) in [5, 5.41) is 6.01. The van der Waals surface area contributed by atoms with E-state index >= 15 is 0 Å². The van der Waals surface area contributed by atoms with Gasteiger partial charge in [-0.2, -0.15) is 0 Å². The summed E-state index contributed by atoms with van der Waals surface area (Å²) in [5.74, 6) is -0.186. The number of anilines is 2. The molecule has 1 saturated heterocycles. The number of benzene rings is 2. The number of rotatable bonds is 5. The molecule has 0 aromatic heterocycles. The van der Waals surface area contributed by atoms with Gasteiger partial charge in [0.15, 0.2) is 0 Å². The summed E-state index contributed by atoms with van der Waals surface area (Å²) in [7, 11) is 0. The van der Waals surface area contributed by atoms with Crippen molar-refractivity contribution >= 4 is 29.1 Å². The summed E-state index contributed by atoms with van der Waals surface area (Å²) in [6.45, 7) is 5.83. The van der Waals surface area contributed by atoms with Crippen molar-refractivity contribution in [3.63, 3.8) is 0 Å². The highest BCUT2D eigenvalue weighted by molar-refractivity contribution is 6.05. The fourth-order valence-corrected chi connectivity index (χ4v) is 3.23. The maximum atomic E-state index is 12.5. The number of para-hydroxylation sites is 1. The average Bonchev–Trinajstić information content (AvgIpc) is 2.73. The van der Waals surface area contributed by atoms with Crippen LogP contribution in [-0.2, 0) is 9.59 Å². The van der Waals surface area contributed by atoms with Crippen molar-refractivity contribution in [2.75, 3.05) is 43.4 Å². The largest absolute Gasteiger partial charge is 0.376 e. The monoisotopic (exact) mass is 394 g/mol. The highest BCUT2D eigenvalue weighted by atomic mass is 16.2. The SMILES string of the molecule is CC(=O)N1CCN(C(=O)CNc2cc(C(=O)Nc3ccccc3)ccc2C)CC1. The molecule has 3 rings (SSSR count). The number of hydrogen-bond acceptors (Lipinski definition) is 4. The first-order chi connectivity index (χ1) is 13.9.